The molecule has 0 spiro atoms. The third kappa shape index (κ3) is 6.76. The van der Waals surface area contributed by atoms with Gasteiger partial charge in [-0.2, -0.15) is 0 Å². The Kier molecular flexibility index (Phi) is 5.75. The zero-order valence-electron chi connectivity index (χ0n) is 11.1. The Morgan fingerprint density at radius 3 is 2.74 bits per heavy atom. The average molecular weight is 285 g/mol. The number of nitrogens with one attached hydrogen (secondary N) is 2. The Bertz CT molecular complexity index is 418. The topological polar surface area (TPSA) is 91.3 Å². The zero-order valence-corrected chi connectivity index (χ0v) is 11.9. The van der Waals surface area contributed by atoms with Gasteiger partial charge in [-0.1, -0.05) is 13.8 Å². The van der Waals surface area contributed by atoms with Gasteiger partial charge in [-0.25, -0.2) is 9.78 Å². The van der Waals surface area contributed by atoms with E-state index in [9.17, 15) is 9.59 Å². The van der Waals surface area contributed by atoms with Crippen LogP contribution in [-0.4, -0.2) is 28.6 Å². The third-order valence-electron chi connectivity index (χ3n) is 2.76. The van der Waals surface area contributed by atoms with Crippen LogP contribution in [0.2, 0.25) is 0 Å². The van der Waals surface area contributed by atoms with Gasteiger partial charge in [0.05, 0.1) is 0 Å². The highest BCUT2D eigenvalue weighted by molar-refractivity contribution is 7.13. The van der Waals surface area contributed by atoms with Gasteiger partial charge in [-0.3, -0.25) is 10.1 Å². The van der Waals surface area contributed by atoms with Crippen LogP contribution in [-0.2, 0) is 4.79 Å². The van der Waals surface area contributed by atoms with E-state index < -0.39 is 5.97 Å². The molecular weight excluding hydrogens is 266 g/mol. The van der Waals surface area contributed by atoms with Crippen molar-refractivity contribution in [3.63, 3.8) is 0 Å². The summed E-state index contributed by atoms with van der Waals surface area (Å²) in [5, 5.41) is 16.3. The first-order valence-electron chi connectivity index (χ1n) is 6.05. The third-order valence-corrected chi connectivity index (χ3v) is 3.44. The molecule has 0 radical (unpaired) electrons. The van der Waals surface area contributed by atoms with Crippen LogP contribution in [0.15, 0.2) is 11.6 Å². The van der Waals surface area contributed by atoms with Crippen molar-refractivity contribution in [2.45, 2.75) is 33.1 Å². The molecule has 1 rings (SSSR count). The van der Waals surface area contributed by atoms with E-state index >= 15 is 0 Å². The van der Waals surface area contributed by atoms with Crippen molar-refractivity contribution < 1.29 is 14.7 Å². The number of hydrogen-bond acceptors (Lipinski definition) is 4. The van der Waals surface area contributed by atoms with Gasteiger partial charge < -0.3 is 10.4 Å². The molecule has 0 fully saturated rings. The largest absolute Gasteiger partial charge is 0.481 e. The van der Waals surface area contributed by atoms with Crippen LogP contribution >= 0.6 is 11.3 Å². The van der Waals surface area contributed by atoms with Crippen LogP contribution in [0.25, 0.3) is 0 Å². The second kappa shape index (κ2) is 7.08. The molecular formula is C12H19N3O3S. The van der Waals surface area contributed by atoms with Crippen LogP contribution in [0.1, 0.15) is 33.1 Å². The predicted octanol–water partition coefficient (Wildman–Crippen LogP) is 2.55. The SMILES string of the molecule is CC(C)(CCNC(=O)Nc1nccs1)CCC(=O)O. The lowest BCUT2D eigenvalue weighted by Gasteiger charge is -2.23. The van der Waals surface area contributed by atoms with Gasteiger partial charge in [-0.15, -0.1) is 11.3 Å². The Morgan fingerprint density at radius 1 is 1.42 bits per heavy atom. The molecule has 1 heterocycles. The molecule has 7 heteroatoms. The number of thiazole rings is 1. The van der Waals surface area contributed by atoms with Gasteiger partial charge in [0, 0.05) is 24.5 Å². The lowest BCUT2D eigenvalue weighted by Crippen LogP contribution is -2.32. The molecule has 2 amide bonds. The first-order valence-corrected chi connectivity index (χ1v) is 6.93. The molecule has 0 unspecified atom stereocenters. The molecule has 1 aromatic rings. The smallest absolute Gasteiger partial charge is 0.321 e. The van der Waals surface area contributed by atoms with E-state index in [0.29, 0.717) is 18.1 Å². The van der Waals surface area contributed by atoms with E-state index in [4.69, 9.17) is 5.11 Å². The number of carbonyl (C=O) groups is 2. The summed E-state index contributed by atoms with van der Waals surface area (Å²) in [7, 11) is 0. The number of hydrogen-bond donors (Lipinski definition) is 3. The minimum atomic E-state index is -0.789. The summed E-state index contributed by atoms with van der Waals surface area (Å²) in [4.78, 5) is 26.0. The van der Waals surface area contributed by atoms with Crippen LogP contribution in [0, 0.1) is 5.41 Å². The minimum absolute atomic E-state index is 0.104. The molecule has 3 N–H and O–H groups in total. The van der Waals surface area contributed by atoms with Crippen molar-refractivity contribution in [1.29, 1.82) is 0 Å². The summed E-state index contributed by atoms with van der Waals surface area (Å²) < 4.78 is 0. The highest BCUT2D eigenvalue weighted by atomic mass is 32.1. The number of carboxylic acid groups (broad SMARTS) is 1. The minimum Gasteiger partial charge on any atom is -0.481 e. The van der Waals surface area contributed by atoms with E-state index in [1.54, 1.807) is 11.6 Å². The molecule has 106 valence electrons. The summed E-state index contributed by atoms with van der Waals surface area (Å²) in [5.74, 6) is -0.789. The Labute approximate surface area is 116 Å². The average Bonchev–Trinajstić information content (AvgIpc) is 2.79. The van der Waals surface area contributed by atoms with E-state index in [1.165, 1.54) is 11.3 Å². The second-order valence-corrected chi connectivity index (χ2v) is 5.92. The fraction of sp³-hybridized carbons (Fsp3) is 0.583. The molecule has 0 aliphatic heterocycles. The Morgan fingerprint density at radius 2 is 2.16 bits per heavy atom. The molecule has 0 saturated carbocycles. The highest BCUT2D eigenvalue weighted by Gasteiger charge is 2.19. The summed E-state index contributed by atoms with van der Waals surface area (Å²) in [6, 6.07) is -0.288. The molecule has 0 bridgehead atoms. The van der Waals surface area contributed by atoms with E-state index in [-0.39, 0.29) is 17.9 Å². The van der Waals surface area contributed by atoms with Crippen LogP contribution < -0.4 is 10.6 Å². The number of rotatable bonds is 7. The van der Waals surface area contributed by atoms with E-state index in [2.05, 4.69) is 15.6 Å². The maximum Gasteiger partial charge on any atom is 0.321 e. The molecule has 0 atom stereocenters. The second-order valence-electron chi connectivity index (χ2n) is 5.03. The lowest BCUT2D eigenvalue weighted by atomic mass is 9.84. The van der Waals surface area contributed by atoms with Gasteiger partial charge >= 0.3 is 12.0 Å². The number of aliphatic carboxylic acids is 1. The van der Waals surface area contributed by atoms with Gasteiger partial charge in [0.15, 0.2) is 5.13 Å². The van der Waals surface area contributed by atoms with Crippen molar-refractivity contribution in [3.05, 3.63) is 11.6 Å². The molecule has 0 aliphatic rings. The fourth-order valence-electron chi connectivity index (χ4n) is 1.51. The van der Waals surface area contributed by atoms with Crippen molar-refractivity contribution in [2.75, 3.05) is 11.9 Å². The number of amides is 2. The fourth-order valence-corrected chi connectivity index (χ4v) is 2.04. The first-order chi connectivity index (χ1) is 8.89. The number of carboxylic acids is 1. The van der Waals surface area contributed by atoms with Crippen LogP contribution in [0.5, 0.6) is 0 Å². The van der Waals surface area contributed by atoms with Gasteiger partial charge in [0.2, 0.25) is 0 Å². The number of nitrogens with zero attached hydrogens (tertiary/aromatic N) is 1. The first kappa shape index (κ1) is 15.4. The Hall–Kier alpha value is -1.63. The predicted molar refractivity (Wildman–Crippen MR) is 74.4 cm³/mol. The normalized spacial score (nSPS) is 11.1. The summed E-state index contributed by atoms with van der Waals surface area (Å²) in [6.07, 6.45) is 3.09. The number of anilines is 1. The lowest BCUT2D eigenvalue weighted by molar-refractivity contribution is -0.137. The van der Waals surface area contributed by atoms with Crippen LogP contribution in [0.3, 0.4) is 0 Å². The maximum atomic E-state index is 11.5. The molecule has 19 heavy (non-hydrogen) atoms. The number of urea groups is 1. The number of aromatic nitrogens is 1. The van der Waals surface area contributed by atoms with Gasteiger partial charge in [0.25, 0.3) is 0 Å². The Balaban J connectivity index is 2.21. The summed E-state index contributed by atoms with van der Waals surface area (Å²) in [5.41, 5.74) is -0.104. The monoisotopic (exact) mass is 285 g/mol. The maximum absolute atomic E-state index is 11.5. The molecule has 1 aromatic heterocycles. The quantitative estimate of drug-likeness (QED) is 0.718. The summed E-state index contributed by atoms with van der Waals surface area (Å²) >= 11 is 1.35. The summed E-state index contributed by atoms with van der Waals surface area (Å²) in [6.45, 7) is 4.50. The molecule has 0 aromatic carbocycles. The van der Waals surface area contributed by atoms with Crippen molar-refractivity contribution in [3.8, 4) is 0 Å². The molecule has 6 nitrogen and oxygen atoms in total. The van der Waals surface area contributed by atoms with Gasteiger partial charge in [-0.05, 0) is 18.3 Å². The molecule has 0 aliphatic carbocycles. The van der Waals surface area contributed by atoms with Crippen LogP contribution in [0.4, 0.5) is 9.93 Å². The molecule has 0 saturated heterocycles. The van der Waals surface area contributed by atoms with Crippen molar-refractivity contribution in [2.24, 2.45) is 5.41 Å². The van der Waals surface area contributed by atoms with E-state index in [0.717, 1.165) is 6.42 Å². The van der Waals surface area contributed by atoms with Crippen molar-refractivity contribution >= 4 is 28.5 Å². The van der Waals surface area contributed by atoms with E-state index in [1.807, 2.05) is 13.8 Å². The van der Waals surface area contributed by atoms with Crippen molar-refractivity contribution in [1.82, 2.24) is 10.3 Å². The zero-order chi connectivity index (χ0) is 14.3. The number of carbonyl (C=O) groups excluding carboxylic acids is 1. The standard InChI is InChI=1S/C12H19N3O3S/c1-12(2,4-3-9(16)17)5-6-13-10(18)15-11-14-7-8-19-11/h7-8H,3-6H2,1-2H3,(H,16,17)(H2,13,14,15,18). The van der Waals surface area contributed by atoms with Gasteiger partial charge in [0.1, 0.15) is 0 Å². The highest BCUT2D eigenvalue weighted by Crippen LogP contribution is 2.25.